The second-order valence-electron chi connectivity index (χ2n) is 4.35. The lowest BCUT2D eigenvalue weighted by Crippen LogP contribution is -2.13. The topological polar surface area (TPSA) is 71.2 Å². The summed E-state index contributed by atoms with van der Waals surface area (Å²) in [5, 5.41) is 13.2. The molecule has 0 spiro atoms. The zero-order valence-electron chi connectivity index (χ0n) is 10.6. The number of aryl methyl sites for hydroxylation is 1. The molecule has 0 aliphatic rings. The first-order chi connectivity index (χ1) is 9.08. The zero-order chi connectivity index (χ0) is 13.8. The van der Waals surface area contributed by atoms with Gasteiger partial charge < -0.3 is 16.2 Å². The number of aliphatic hydroxyl groups excluding tert-OH is 1. The van der Waals surface area contributed by atoms with E-state index in [0.29, 0.717) is 12.2 Å². The van der Waals surface area contributed by atoms with Crippen molar-refractivity contribution in [2.24, 2.45) is 0 Å². The van der Waals surface area contributed by atoms with Crippen molar-refractivity contribution in [1.29, 1.82) is 0 Å². The number of nitrogens with zero attached hydrogens (tertiary/aromatic N) is 1. The van der Waals surface area contributed by atoms with Gasteiger partial charge in [-0.1, -0.05) is 12.1 Å². The number of nitrogens with two attached hydrogens (primary N) is 1. The zero-order valence-corrected chi connectivity index (χ0v) is 12.2. The molecule has 2 rings (SSSR count). The maximum atomic E-state index is 10.1. The number of nitrogens with one attached hydrogen (secondary N) is 1. The minimum absolute atomic E-state index is 0.388. The molecular formula is C14H16BrN3O. The van der Waals surface area contributed by atoms with Gasteiger partial charge in [0.2, 0.25) is 0 Å². The minimum atomic E-state index is -0.602. The Morgan fingerprint density at radius 3 is 2.68 bits per heavy atom. The van der Waals surface area contributed by atoms with E-state index in [1.165, 1.54) is 0 Å². The standard InChI is InChI=1S/C14H16BrN3O/c1-9-6-7-17-14(13(9)15)18-8-12(19)10-2-4-11(16)5-3-10/h2-7,12,19H,8,16H2,1H3,(H,17,18). The summed E-state index contributed by atoms with van der Waals surface area (Å²) in [6, 6.07) is 9.12. The molecule has 1 aromatic heterocycles. The molecule has 5 heteroatoms. The van der Waals surface area contributed by atoms with Crippen LogP contribution in [0.2, 0.25) is 0 Å². The van der Waals surface area contributed by atoms with Crippen LogP contribution in [0.25, 0.3) is 0 Å². The molecule has 0 aliphatic carbocycles. The predicted molar refractivity (Wildman–Crippen MR) is 81.0 cm³/mol. The molecule has 2 aromatic rings. The molecule has 0 radical (unpaired) electrons. The van der Waals surface area contributed by atoms with Gasteiger partial charge in [0, 0.05) is 18.4 Å². The lowest BCUT2D eigenvalue weighted by Gasteiger charge is -2.14. The van der Waals surface area contributed by atoms with E-state index in [1.807, 2.05) is 25.1 Å². The Labute approximate surface area is 120 Å². The van der Waals surface area contributed by atoms with Gasteiger partial charge in [-0.2, -0.15) is 0 Å². The van der Waals surface area contributed by atoms with Crippen LogP contribution in [-0.2, 0) is 0 Å². The molecular weight excluding hydrogens is 306 g/mol. The van der Waals surface area contributed by atoms with E-state index in [0.717, 1.165) is 21.4 Å². The molecule has 0 saturated carbocycles. The smallest absolute Gasteiger partial charge is 0.140 e. The average molecular weight is 322 g/mol. The van der Waals surface area contributed by atoms with Gasteiger partial charge in [-0.05, 0) is 52.2 Å². The largest absolute Gasteiger partial charge is 0.399 e. The van der Waals surface area contributed by atoms with Gasteiger partial charge in [-0.25, -0.2) is 4.98 Å². The van der Waals surface area contributed by atoms with Crippen molar-refractivity contribution < 1.29 is 5.11 Å². The second kappa shape index (κ2) is 6.04. The molecule has 4 N–H and O–H groups in total. The Balaban J connectivity index is 2.02. The van der Waals surface area contributed by atoms with E-state index in [2.05, 4.69) is 26.2 Å². The average Bonchev–Trinajstić information content (AvgIpc) is 2.41. The van der Waals surface area contributed by atoms with Crippen LogP contribution < -0.4 is 11.1 Å². The summed E-state index contributed by atoms with van der Waals surface area (Å²) < 4.78 is 0.916. The Bertz CT molecular complexity index is 557. The van der Waals surface area contributed by atoms with Crippen LogP contribution in [0.3, 0.4) is 0 Å². The number of aliphatic hydroxyl groups is 1. The number of rotatable bonds is 4. The Morgan fingerprint density at radius 1 is 1.32 bits per heavy atom. The quantitative estimate of drug-likeness (QED) is 0.757. The fourth-order valence-corrected chi connectivity index (χ4v) is 2.07. The molecule has 4 nitrogen and oxygen atoms in total. The van der Waals surface area contributed by atoms with E-state index < -0.39 is 6.10 Å². The molecule has 1 atom stereocenters. The van der Waals surface area contributed by atoms with Gasteiger partial charge in [0.1, 0.15) is 5.82 Å². The Morgan fingerprint density at radius 2 is 2.00 bits per heavy atom. The van der Waals surface area contributed by atoms with Crippen LogP contribution in [0.15, 0.2) is 41.0 Å². The summed E-state index contributed by atoms with van der Waals surface area (Å²) in [6.45, 7) is 2.38. The third-order valence-corrected chi connectivity index (χ3v) is 3.87. The number of benzene rings is 1. The van der Waals surface area contributed by atoms with Crippen LogP contribution in [0.5, 0.6) is 0 Å². The molecule has 100 valence electrons. The Hall–Kier alpha value is -1.59. The first kappa shape index (κ1) is 13.8. The van der Waals surface area contributed by atoms with Gasteiger partial charge in [-0.15, -0.1) is 0 Å². The van der Waals surface area contributed by atoms with Crippen molar-refractivity contribution in [3.63, 3.8) is 0 Å². The van der Waals surface area contributed by atoms with Gasteiger partial charge in [0.05, 0.1) is 10.6 Å². The van der Waals surface area contributed by atoms with Crippen molar-refractivity contribution in [2.45, 2.75) is 13.0 Å². The lowest BCUT2D eigenvalue weighted by molar-refractivity contribution is 0.191. The Kier molecular flexibility index (Phi) is 4.39. The highest BCUT2D eigenvalue weighted by Crippen LogP contribution is 2.24. The second-order valence-corrected chi connectivity index (χ2v) is 5.15. The van der Waals surface area contributed by atoms with E-state index in [1.54, 1.807) is 18.3 Å². The van der Waals surface area contributed by atoms with Gasteiger partial charge >= 0.3 is 0 Å². The molecule has 0 fully saturated rings. The van der Waals surface area contributed by atoms with Crippen LogP contribution in [0, 0.1) is 6.92 Å². The molecule has 0 saturated heterocycles. The molecule has 1 unspecified atom stereocenters. The van der Waals surface area contributed by atoms with Crippen molar-refractivity contribution >= 4 is 27.4 Å². The lowest BCUT2D eigenvalue weighted by atomic mass is 10.1. The number of hydrogen-bond acceptors (Lipinski definition) is 4. The van der Waals surface area contributed by atoms with E-state index in [4.69, 9.17) is 5.73 Å². The van der Waals surface area contributed by atoms with Gasteiger partial charge in [0.15, 0.2) is 0 Å². The number of anilines is 2. The van der Waals surface area contributed by atoms with Crippen LogP contribution in [0.4, 0.5) is 11.5 Å². The summed E-state index contributed by atoms with van der Waals surface area (Å²) in [6.07, 6.45) is 1.13. The normalized spacial score (nSPS) is 12.2. The summed E-state index contributed by atoms with van der Waals surface area (Å²) in [7, 11) is 0. The molecule has 0 aliphatic heterocycles. The number of pyridine rings is 1. The number of aromatic nitrogens is 1. The number of nitrogen functional groups attached to an aromatic ring is 1. The first-order valence-corrected chi connectivity index (χ1v) is 6.75. The van der Waals surface area contributed by atoms with Gasteiger partial charge in [-0.3, -0.25) is 0 Å². The molecule has 19 heavy (non-hydrogen) atoms. The molecule has 1 aromatic carbocycles. The number of hydrogen-bond donors (Lipinski definition) is 3. The fourth-order valence-electron chi connectivity index (χ4n) is 1.69. The van der Waals surface area contributed by atoms with E-state index in [9.17, 15) is 5.11 Å². The van der Waals surface area contributed by atoms with Crippen molar-refractivity contribution in [3.8, 4) is 0 Å². The van der Waals surface area contributed by atoms with Crippen LogP contribution in [0.1, 0.15) is 17.2 Å². The van der Waals surface area contributed by atoms with Crippen molar-refractivity contribution in [3.05, 3.63) is 52.1 Å². The maximum Gasteiger partial charge on any atom is 0.140 e. The van der Waals surface area contributed by atoms with Crippen LogP contribution in [-0.4, -0.2) is 16.6 Å². The molecule has 0 amide bonds. The third kappa shape index (κ3) is 3.45. The number of halogens is 1. The van der Waals surface area contributed by atoms with Crippen molar-refractivity contribution in [1.82, 2.24) is 4.98 Å². The summed E-state index contributed by atoms with van der Waals surface area (Å²) in [4.78, 5) is 4.23. The molecule has 0 bridgehead atoms. The molecule has 1 heterocycles. The highest BCUT2D eigenvalue weighted by molar-refractivity contribution is 9.10. The summed E-state index contributed by atoms with van der Waals surface area (Å²) in [5.41, 5.74) is 8.22. The predicted octanol–water partition coefficient (Wildman–Crippen LogP) is 2.88. The van der Waals surface area contributed by atoms with E-state index in [-0.39, 0.29) is 0 Å². The first-order valence-electron chi connectivity index (χ1n) is 5.96. The monoisotopic (exact) mass is 321 g/mol. The SMILES string of the molecule is Cc1ccnc(NCC(O)c2ccc(N)cc2)c1Br. The minimum Gasteiger partial charge on any atom is -0.399 e. The maximum absolute atomic E-state index is 10.1. The van der Waals surface area contributed by atoms with Gasteiger partial charge in [0.25, 0.3) is 0 Å². The van der Waals surface area contributed by atoms with Crippen molar-refractivity contribution in [2.75, 3.05) is 17.6 Å². The van der Waals surface area contributed by atoms with E-state index >= 15 is 0 Å². The summed E-state index contributed by atoms with van der Waals surface area (Å²) in [5.74, 6) is 0.731. The summed E-state index contributed by atoms with van der Waals surface area (Å²) >= 11 is 3.47. The third-order valence-electron chi connectivity index (χ3n) is 2.87. The van der Waals surface area contributed by atoms with Crippen LogP contribution >= 0.6 is 15.9 Å². The fraction of sp³-hybridized carbons (Fsp3) is 0.214. The highest BCUT2D eigenvalue weighted by Gasteiger charge is 2.09. The highest BCUT2D eigenvalue weighted by atomic mass is 79.9.